The number of ketones is 1. The molecule has 21 heavy (non-hydrogen) atoms. The summed E-state index contributed by atoms with van der Waals surface area (Å²) in [5.41, 5.74) is 1.49. The molecular weight excluding hydrogens is 312 g/mol. The third-order valence-corrected chi connectivity index (χ3v) is 3.93. The molecule has 2 aromatic carbocycles. The summed E-state index contributed by atoms with van der Waals surface area (Å²) in [6, 6.07) is 9.60. The first-order valence-electron chi connectivity index (χ1n) is 6.29. The largest absolute Gasteiger partial charge is 0.360 e. The fourth-order valence-corrected chi connectivity index (χ4v) is 2.69. The van der Waals surface area contributed by atoms with Gasteiger partial charge < -0.3 is 4.98 Å². The van der Waals surface area contributed by atoms with Crippen LogP contribution in [-0.2, 0) is 6.42 Å². The summed E-state index contributed by atoms with van der Waals surface area (Å²) in [7, 11) is 0. The molecule has 0 saturated carbocycles. The van der Waals surface area contributed by atoms with Crippen LogP contribution in [0.25, 0.3) is 10.9 Å². The van der Waals surface area contributed by atoms with Crippen LogP contribution in [0.4, 0.5) is 4.39 Å². The number of carbonyl (C=O) groups excluding carboxylic acids is 1. The fourth-order valence-electron chi connectivity index (χ4n) is 2.29. The van der Waals surface area contributed by atoms with E-state index in [0.29, 0.717) is 10.6 Å². The number of H-pyrrole nitrogens is 1. The van der Waals surface area contributed by atoms with Crippen LogP contribution in [0.5, 0.6) is 0 Å². The first-order valence-corrected chi connectivity index (χ1v) is 7.04. The summed E-state index contributed by atoms with van der Waals surface area (Å²) in [6.45, 7) is 0. The Bertz CT molecular complexity index is 821. The number of carbonyl (C=O) groups is 1. The Morgan fingerprint density at radius 1 is 1.19 bits per heavy atom. The quantitative estimate of drug-likeness (QED) is 0.673. The molecule has 1 N–H and O–H groups in total. The number of hydrogen-bond acceptors (Lipinski definition) is 1. The highest BCUT2D eigenvalue weighted by atomic mass is 35.5. The highest BCUT2D eigenvalue weighted by molar-refractivity contribution is 6.32. The minimum atomic E-state index is -0.473. The van der Waals surface area contributed by atoms with Gasteiger partial charge in [0.25, 0.3) is 0 Å². The standard InChI is InChI=1S/C16H10Cl2FNO/c17-9-4-5-10-12(8-20-15(10)6-9)16(21)7-11-13(18)2-1-3-14(11)19/h1-6,8,20H,7H2. The second kappa shape index (κ2) is 5.51. The van der Waals surface area contributed by atoms with E-state index in [2.05, 4.69) is 4.98 Å². The van der Waals surface area contributed by atoms with E-state index in [4.69, 9.17) is 23.2 Å². The maximum absolute atomic E-state index is 13.8. The zero-order valence-electron chi connectivity index (χ0n) is 10.8. The normalized spacial score (nSPS) is 11.0. The average Bonchev–Trinajstić information content (AvgIpc) is 2.85. The van der Waals surface area contributed by atoms with E-state index < -0.39 is 5.82 Å². The fraction of sp³-hybridized carbons (Fsp3) is 0.0625. The van der Waals surface area contributed by atoms with Crippen LogP contribution in [0.1, 0.15) is 15.9 Å². The number of hydrogen-bond donors (Lipinski definition) is 1. The van der Waals surface area contributed by atoms with Crippen LogP contribution in [0.3, 0.4) is 0 Å². The average molecular weight is 322 g/mol. The van der Waals surface area contributed by atoms with Crippen molar-refractivity contribution in [3.8, 4) is 0 Å². The van der Waals surface area contributed by atoms with E-state index in [1.54, 1.807) is 30.5 Å². The zero-order chi connectivity index (χ0) is 15.0. The van der Waals surface area contributed by atoms with Gasteiger partial charge in [-0.05, 0) is 24.3 Å². The number of nitrogens with one attached hydrogen (secondary N) is 1. The molecule has 0 bridgehead atoms. The van der Waals surface area contributed by atoms with Gasteiger partial charge in [0, 0.05) is 44.7 Å². The van der Waals surface area contributed by atoms with E-state index in [1.807, 2.05) is 0 Å². The monoisotopic (exact) mass is 321 g/mol. The lowest BCUT2D eigenvalue weighted by Crippen LogP contribution is -2.05. The van der Waals surface area contributed by atoms with E-state index in [-0.39, 0.29) is 22.8 Å². The molecule has 0 atom stereocenters. The Balaban J connectivity index is 1.98. The van der Waals surface area contributed by atoms with Crippen molar-refractivity contribution in [2.24, 2.45) is 0 Å². The molecule has 0 spiro atoms. The maximum atomic E-state index is 13.8. The van der Waals surface area contributed by atoms with Crippen molar-refractivity contribution in [2.45, 2.75) is 6.42 Å². The molecule has 3 rings (SSSR count). The smallest absolute Gasteiger partial charge is 0.169 e. The predicted octanol–water partition coefficient (Wildman–Crippen LogP) is 5.04. The van der Waals surface area contributed by atoms with Gasteiger partial charge in [0.1, 0.15) is 5.82 Å². The Kier molecular flexibility index (Phi) is 3.70. The number of halogens is 3. The van der Waals surface area contributed by atoms with Gasteiger partial charge in [-0.2, -0.15) is 0 Å². The lowest BCUT2D eigenvalue weighted by molar-refractivity contribution is 0.0993. The van der Waals surface area contributed by atoms with Gasteiger partial charge >= 0.3 is 0 Å². The van der Waals surface area contributed by atoms with E-state index in [0.717, 1.165) is 10.9 Å². The van der Waals surface area contributed by atoms with Crippen LogP contribution in [-0.4, -0.2) is 10.8 Å². The summed E-state index contributed by atoms with van der Waals surface area (Å²) in [4.78, 5) is 15.4. The van der Waals surface area contributed by atoms with Gasteiger partial charge in [0.05, 0.1) is 0 Å². The van der Waals surface area contributed by atoms with Crippen molar-refractivity contribution in [1.82, 2.24) is 4.98 Å². The molecule has 0 fully saturated rings. The van der Waals surface area contributed by atoms with Crippen molar-refractivity contribution in [2.75, 3.05) is 0 Å². The van der Waals surface area contributed by atoms with Gasteiger partial charge in [-0.25, -0.2) is 4.39 Å². The molecule has 0 saturated heterocycles. The van der Waals surface area contributed by atoms with Crippen molar-refractivity contribution < 1.29 is 9.18 Å². The number of aromatic amines is 1. The molecule has 2 nitrogen and oxygen atoms in total. The Morgan fingerprint density at radius 3 is 2.76 bits per heavy atom. The lowest BCUT2D eigenvalue weighted by atomic mass is 10.0. The topological polar surface area (TPSA) is 32.9 Å². The SMILES string of the molecule is O=C(Cc1c(F)cccc1Cl)c1c[nH]c2cc(Cl)ccc12. The van der Waals surface area contributed by atoms with E-state index in [1.165, 1.54) is 12.1 Å². The molecule has 0 aliphatic heterocycles. The van der Waals surface area contributed by atoms with Crippen LogP contribution in [0.2, 0.25) is 10.0 Å². The summed E-state index contributed by atoms with van der Waals surface area (Å²) in [5, 5.41) is 1.60. The van der Waals surface area contributed by atoms with Gasteiger partial charge in [0.15, 0.2) is 5.78 Å². The van der Waals surface area contributed by atoms with E-state index >= 15 is 0 Å². The summed E-state index contributed by atoms with van der Waals surface area (Å²) in [5.74, 6) is -0.672. The third kappa shape index (κ3) is 2.67. The lowest BCUT2D eigenvalue weighted by Gasteiger charge is -2.04. The number of aromatic nitrogens is 1. The molecule has 0 amide bonds. The Hall–Kier alpha value is -1.84. The summed E-state index contributed by atoms with van der Waals surface area (Å²) in [6.07, 6.45) is 1.53. The van der Waals surface area contributed by atoms with Gasteiger partial charge in [-0.3, -0.25) is 4.79 Å². The van der Waals surface area contributed by atoms with Gasteiger partial charge in [-0.15, -0.1) is 0 Å². The molecule has 1 heterocycles. The Labute approximate surface area is 130 Å². The minimum Gasteiger partial charge on any atom is -0.360 e. The van der Waals surface area contributed by atoms with Crippen molar-refractivity contribution in [3.63, 3.8) is 0 Å². The number of Topliss-reactive ketones (excluding diaryl/α,β-unsaturated/α-hetero) is 1. The van der Waals surface area contributed by atoms with Crippen LogP contribution >= 0.6 is 23.2 Å². The molecule has 106 valence electrons. The second-order valence-electron chi connectivity index (χ2n) is 4.69. The molecule has 0 unspecified atom stereocenters. The van der Waals surface area contributed by atoms with Gasteiger partial charge in [0.2, 0.25) is 0 Å². The molecule has 0 aliphatic carbocycles. The predicted molar refractivity (Wildman–Crippen MR) is 82.8 cm³/mol. The number of rotatable bonds is 3. The molecular formula is C16H10Cl2FNO. The minimum absolute atomic E-state index is 0.0823. The highest BCUT2D eigenvalue weighted by Crippen LogP contribution is 2.25. The van der Waals surface area contributed by atoms with Crippen molar-refractivity contribution in [1.29, 1.82) is 0 Å². The van der Waals surface area contributed by atoms with Gasteiger partial charge in [-0.1, -0.05) is 35.3 Å². The first-order chi connectivity index (χ1) is 10.1. The van der Waals surface area contributed by atoms with Crippen molar-refractivity contribution >= 4 is 39.9 Å². The maximum Gasteiger partial charge on any atom is 0.169 e. The number of fused-ring (bicyclic) bond motifs is 1. The zero-order valence-corrected chi connectivity index (χ0v) is 12.3. The number of benzene rings is 2. The molecule has 5 heteroatoms. The molecule has 0 radical (unpaired) electrons. The molecule has 1 aromatic heterocycles. The third-order valence-electron chi connectivity index (χ3n) is 3.34. The first kappa shape index (κ1) is 14.1. The molecule has 3 aromatic rings. The van der Waals surface area contributed by atoms with E-state index in [9.17, 15) is 9.18 Å². The van der Waals surface area contributed by atoms with Crippen LogP contribution in [0.15, 0.2) is 42.6 Å². The summed E-state index contributed by atoms with van der Waals surface area (Å²) >= 11 is 11.9. The summed E-state index contributed by atoms with van der Waals surface area (Å²) < 4.78 is 13.8. The second-order valence-corrected chi connectivity index (χ2v) is 5.54. The van der Waals surface area contributed by atoms with Crippen LogP contribution < -0.4 is 0 Å². The van der Waals surface area contributed by atoms with Crippen LogP contribution in [0, 0.1) is 5.82 Å². The highest BCUT2D eigenvalue weighted by Gasteiger charge is 2.16. The Morgan fingerprint density at radius 2 is 2.00 bits per heavy atom. The molecule has 0 aliphatic rings. The van der Waals surface area contributed by atoms with Crippen molar-refractivity contribution in [3.05, 3.63) is 69.6 Å².